The maximum atomic E-state index is 5.18. The average molecular weight is 718 g/mol. The lowest BCUT2D eigenvalue weighted by Crippen LogP contribution is -2.07. The average Bonchev–Trinajstić information content (AvgIpc) is 3.61. The van der Waals surface area contributed by atoms with Crippen molar-refractivity contribution in [2.24, 2.45) is 5.92 Å². The second kappa shape index (κ2) is 14.3. The van der Waals surface area contributed by atoms with E-state index in [9.17, 15) is 0 Å². The normalized spacial score (nSPS) is 15.1. The molecular formula is C53H39N3. The van der Waals surface area contributed by atoms with Crippen LogP contribution < -0.4 is 0 Å². The summed E-state index contributed by atoms with van der Waals surface area (Å²) < 4.78 is 2.35. The van der Waals surface area contributed by atoms with E-state index in [1.165, 1.54) is 49.6 Å². The topological polar surface area (TPSA) is 30.7 Å². The number of fused-ring (bicyclic) bond motifs is 3. The minimum Gasteiger partial charge on any atom is -0.309 e. The fourth-order valence-corrected chi connectivity index (χ4v) is 8.24. The highest BCUT2D eigenvalue weighted by Gasteiger charge is 2.19. The highest BCUT2D eigenvalue weighted by Crippen LogP contribution is 2.38. The first kappa shape index (κ1) is 33.5. The van der Waals surface area contributed by atoms with E-state index in [1.807, 2.05) is 18.2 Å². The van der Waals surface area contributed by atoms with Crippen LogP contribution in [0.3, 0.4) is 0 Å². The van der Waals surface area contributed by atoms with Crippen molar-refractivity contribution in [3.8, 4) is 61.8 Å². The van der Waals surface area contributed by atoms with Gasteiger partial charge in [0, 0.05) is 39.1 Å². The number of benzene rings is 7. The summed E-state index contributed by atoms with van der Waals surface area (Å²) in [6.45, 7) is 2.30. The Morgan fingerprint density at radius 1 is 0.411 bits per heavy atom. The highest BCUT2D eigenvalue weighted by atomic mass is 15.0. The van der Waals surface area contributed by atoms with Gasteiger partial charge in [-0.05, 0) is 70.1 Å². The van der Waals surface area contributed by atoms with E-state index in [4.69, 9.17) is 9.97 Å². The van der Waals surface area contributed by atoms with Crippen LogP contribution in [0, 0.1) is 5.92 Å². The zero-order valence-electron chi connectivity index (χ0n) is 31.1. The van der Waals surface area contributed by atoms with Crippen LogP contribution in [0.1, 0.15) is 18.4 Å². The SMILES string of the molecule is CC1C=CC=CC1c1cc(-c2ccccc2)cc(-c2ccc(-c3cc(-c4cccc(-n5c6ccccc6c6ccccc65)c4)nc(-c4ccccc4)n3)cc2)c1. The van der Waals surface area contributed by atoms with Gasteiger partial charge in [0.25, 0.3) is 0 Å². The molecule has 266 valence electrons. The summed E-state index contributed by atoms with van der Waals surface area (Å²) in [6.07, 6.45) is 8.97. The van der Waals surface area contributed by atoms with Gasteiger partial charge in [0.15, 0.2) is 5.82 Å². The summed E-state index contributed by atoms with van der Waals surface area (Å²) in [5.41, 5.74) is 14.4. The molecule has 7 aromatic carbocycles. The summed E-state index contributed by atoms with van der Waals surface area (Å²) in [4.78, 5) is 10.3. The Kier molecular flexibility index (Phi) is 8.53. The molecular weight excluding hydrogens is 679 g/mol. The standard InChI is InChI=1S/C53H39N3/c1-36-15-8-9-22-46(36)44-32-42(37-16-4-2-5-17-37)31-43(33-44)38-27-29-39(30-28-38)49-35-50(55-53(54-49)40-18-6-3-7-19-40)41-20-14-21-45(34-41)56-51-25-12-10-23-47(51)48-24-11-13-26-52(48)56/h2-36,46H,1H3. The van der Waals surface area contributed by atoms with Gasteiger partial charge in [-0.3, -0.25) is 0 Å². The van der Waals surface area contributed by atoms with Gasteiger partial charge < -0.3 is 4.57 Å². The minimum absolute atomic E-state index is 0.325. The monoisotopic (exact) mass is 717 g/mol. The number of hydrogen-bond donors (Lipinski definition) is 0. The Labute approximate surface area is 327 Å². The van der Waals surface area contributed by atoms with Gasteiger partial charge >= 0.3 is 0 Å². The summed E-state index contributed by atoms with van der Waals surface area (Å²) in [6, 6.07) is 65.0. The van der Waals surface area contributed by atoms with E-state index in [2.05, 4.69) is 200 Å². The van der Waals surface area contributed by atoms with Crippen LogP contribution in [0.15, 0.2) is 206 Å². The van der Waals surface area contributed by atoms with Crippen LogP contribution in [-0.4, -0.2) is 14.5 Å². The predicted molar refractivity (Wildman–Crippen MR) is 234 cm³/mol. The molecule has 0 amide bonds. The molecule has 2 atom stereocenters. The Hall–Kier alpha value is -7.10. The molecule has 56 heavy (non-hydrogen) atoms. The highest BCUT2D eigenvalue weighted by molar-refractivity contribution is 6.09. The summed E-state index contributed by atoms with van der Waals surface area (Å²) in [5.74, 6) is 1.45. The smallest absolute Gasteiger partial charge is 0.160 e. The van der Waals surface area contributed by atoms with Crippen LogP contribution in [0.4, 0.5) is 0 Å². The second-order valence-corrected chi connectivity index (χ2v) is 14.7. The van der Waals surface area contributed by atoms with E-state index in [0.717, 1.165) is 33.8 Å². The summed E-state index contributed by atoms with van der Waals surface area (Å²) in [7, 11) is 0. The molecule has 2 aromatic heterocycles. The van der Waals surface area contributed by atoms with Crippen molar-refractivity contribution in [2.75, 3.05) is 0 Å². The zero-order valence-corrected chi connectivity index (χ0v) is 31.1. The van der Waals surface area contributed by atoms with Gasteiger partial charge in [-0.15, -0.1) is 0 Å². The molecule has 0 saturated carbocycles. The second-order valence-electron chi connectivity index (χ2n) is 14.7. The number of para-hydroxylation sites is 2. The van der Waals surface area contributed by atoms with Crippen molar-refractivity contribution in [1.82, 2.24) is 14.5 Å². The van der Waals surface area contributed by atoms with Crippen LogP contribution in [0.5, 0.6) is 0 Å². The van der Waals surface area contributed by atoms with E-state index >= 15 is 0 Å². The zero-order chi connectivity index (χ0) is 37.4. The fraction of sp³-hybridized carbons (Fsp3) is 0.0566. The molecule has 3 nitrogen and oxygen atoms in total. The molecule has 0 N–H and O–H groups in total. The molecule has 1 aliphatic carbocycles. The number of hydrogen-bond acceptors (Lipinski definition) is 2. The molecule has 3 heteroatoms. The Balaban J connectivity index is 1.06. The van der Waals surface area contributed by atoms with E-state index < -0.39 is 0 Å². The van der Waals surface area contributed by atoms with Gasteiger partial charge in [-0.25, -0.2) is 9.97 Å². The number of aromatic nitrogens is 3. The lowest BCUT2D eigenvalue weighted by Gasteiger charge is -2.23. The van der Waals surface area contributed by atoms with Crippen LogP contribution in [-0.2, 0) is 0 Å². The van der Waals surface area contributed by atoms with Gasteiger partial charge in [-0.2, -0.15) is 0 Å². The molecule has 2 heterocycles. The van der Waals surface area contributed by atoms with Crippen molar-refractivity contribution in [3.05, 3.63) is 212 Å². The summed E-state index contributed by atoms with van der Waals surface area (Å²) in [5, 5.41) is 2.49. The Morgan fingerprint density at radius 3 is 1.61 bits per heavy atom. The van der Waals surface area contributed by atoms with E-state index in [0.29, 0.717) is 17.7 Å². The molecule has 1 aliphatic rings. The van der Waals surface area contributed by atoms with Crippen molar-refractivity contribution in [1.29, 1.82) is 0 Å². The Bertz CT molecular complexity index is 2860. The fourth-order valence-electron chi connectivity index (χ4n) is 8.24. The van der Waals surface area contributed by atoms with Crippen molar-refractivity contribution >= 4 is 21.8 Å². The van der Waals surface area contributed by atoms with Crippen LogP contribution in [0.25, 0.3) is 83.6 Å². The molecule has 0 saturated heterocycles. The third kappa shape index (κ3) is 6.23. The molecule has 0 bridgehead atoms. The first-order chi connectivity index (χ1) is 27.7. The Morgan fingerprint density at radius 2 is 0.946 bits per heavy atom. The van der Waals surface area contributed by atoms with Gasteiger partial charge in [0.2, 0.25) is 0 Å². The van der Waals surface area contributed by atoms with E-state index in [-0.39, 0.29) is 0 Å². The number of allylic oxidation sites excluding steroid dienone is 4. The lowest BCUT2D eigenvalue weighted by molar-refractivity contribution is 0.635. The van der Waals surface area contributed by atoms with Gasteiger partial charge in [-0.1, -0.05) is 177 Å². The van der Waals surface area contributed by atoms with Crippen molar-refractivity contribution in [2.45, 2.75) is 12.8 Å². The molecule has 0 radical (unpaired) electrons. The molecule has 0 aliphatic heterocycles. The molecule has 0 spiro atoms. The maximum absolute atomic E-state index is 5.18. The first-order valence-corrected chi connectivity index (χ1v) is 19.4. The quantitative estimate of drug-likeness (QED) is 0.164. The van der Waals surface area contributed by atoms with Crippen LogP contribution in [0.2, 0.25) is 0 Å². The number of nitrogens with zero attached hydrogens (tertiary/aromatic N) is 3. The van der Waals surface area contributed by atoms with Crippen LogP contribution >= 0.6 is 0 Å². The largest absolute Gasteiger partial charge is 0.309 e. The van der Waals surface area contributed by atoms with Gasteiger partial charge in [0.1, 0.15) is 0 Å². The third-order valence-electron chi connectivity index (χ3n) is 11.1. The first-order valence-electron chi connectivity index (χ1n) is 19.4. The lowest BCUT2D eigenvalue weighted by atomic mass is 9.82. The van der Waals surface area contributed by atoms with Gasteiger partial charge in [0.05, 0.1) is 22.4 Å². The molecule has 10 rings (SSSR count). The molecule has 0 fully saturated rings. The number of rotatable bonds is 7. The predicted octanol–water partition coefficient (Wildman–Crippen LogP) is 13.8. The third-order valence-corrected chi connectivity index (χ3v) is 11.1. The maximum Gasteiger partial charge on any atom is 0.160 e. The molecule has 2 unspecified atom stereocenters. The molecule has 9 aromatic rings. The van der Waals surface area contributed by atoms with Crippen molar-refractivity contribution in [3.63, 3.8) is 0 Å². The summed E-state index contributed by atoms with van der Waals surface area (Å²) >= 11 is 0. The van der Waals surface area contributed by atoms with Crippen molar-refractivity contribution < 1.29 is 0 Å². The minimum atomic E-state index is 0.325. The van der Waals surface area contributed by atoms with E-state index in [1.54, 1.807) is 0 Å².